The fourth-order valence-corrected chi connectivity index (χ4v) is 4.43. The van der Waals surface area contributed by atoms with Crippen molar-refractivity contribution < 1.29 is 4.79 Å². The average molecular weight is 376 g/mol. The third-order valence-corrected chi connectivity index (χ3v) is 5.92. The van der Waals surface area contributed by atoms with Gasteiger partial charge in [-0.2, -0.15) is 0 Å². The van der Waals surface area contributed by atoms with Crippen LogP contribution in [0, 0.1) is 17.8 Å². The molecule has 0 saturated carbocycles. The van der Waals surface area contributed by atoms with Gasteiger partial charge in [-0.25, -0.2) is 4.98 Å². The molecular weight excluding hydrogens is 354 g/mol. The zero-order chi connectivity index (χ0) is 15.8. The van der Waals surface area contributed by atoms with Crippen LogP contribution >= 0.6 is 15.9 Å². The third kappa shape index (κ3) is 3.03. The van der Waals surface area contributed by atoms with Crippen LogP contribution in [0.5, 0.6) is 0 Å². The number of carbonyl (C=O) groups is 1. The van der Waals surface area contributed by atoms with E-state index in [2.05, 4.69) is 48.9 Å². The molecule has 1 aliphatic carbocycles. The van der Waals surface area contributed by atoms with Gasteiger partial charge in [-0.05, 0) is 47.3 Å². The molecule has 2 fully saturated rings. The number of nitrogens with zero attached hydrogens (tertiary/aromatic N) is 3. The fraction of sp³-hybridized carbons (Fsp3) is 0.556. The topological polar surface area (TPSA) is 36.4 Å². The van der Waals surface area contributed by atoms with Gasteiger partial charge in [-0.15, -0.1) is 0 Å². The maximum atomic E-state index is 12.7. The van der Waals surface area contributed by atoms with E-state index in [0.29, 0.717) is 17.7 Å². The van der Waals surface area contributed by atoms with Crippen molar-refractivity contribution in [3.8, 4) is 0 Å². The van der Waals surface area contributed by atoms with Crippen molar-refractivity contribution in [2.45, 2.75) is 19.3 Å². The maximum absolute atomic E-state index is 12.7. The molecule has 0 radical (unpaired) electrons. The summed E-state index contributed by atoms with van der Waals surface area (Å²) in [6, 6.07) is 4.12. The van der Waals surface area contributed by atoms with Crippen LogP contribution < -0.4 is 4.90 Å². The van der Waals surface area contributed by atoms with Gasteiger partial charge in [0.25, 0.3) is 0 Å². The van der Waals surface area contributed by atoms with Crippen LogP contribution in [0.3, 0.4) is 0 Å². The molecule has 0 N–H and O–H groups in total. The molecule has 0 bridgehead atoms. The molecule has 4 rings (SSSR count). The van der Waals surface area contributed by atoms with E-state index in [9.17, 15) is 4.79 Å². The van der Waals surface area contributed by atoms with E-state index in [1.165, 1.54) is 0 Å². The van der Waals surface area contributed by atoms with E-state index in [1.54, 1.807) is 0 Å². The van der Waals surface area contributed by atoms with E-state index in [0.717, 1.165) is 55.7 Å². The number of aromatic nitrogens is 1. The van der Waals surface area contributed by atoms with Gasteiger partial charge in [0, 0.05) is 54.6 Å². The Balaban J connectivity index is 1.37. The van der Waals surface area contributed by atoms with Gasteiger partial charge in [0.2, 0.25) is 5.91 Å². The number of likely N-dealkylation sites (tertiary alicyclic amines) is 1. The van der Waals surface area contributed by atoms with Crippen LogP contribution in [-0.2, 0) is 4.79 Å². The van der Waals surface area contributed by atoms with E-state index in [-0.39, 0.29) is 5.92 Å². The van der Waals surface area contributed by atoms with Crippen molar-refractivity contribution >= 4 is 27.7 Å². The molecule has 3 aliphatic rings. The molecule has 23 heavy (non-hydrogen) atoms. The molecule has 2 saturated heterocycles. The van der Waals surface area contributed by atoms with Gasteiger partial charge in [0.15, 0.2) is 0 Å². The van der Waals surface area contributed by atoms with E-state index in [4.69, 9.17) is 0 Å². The zero-order valence-electron chi connectivity index (χ0n) is 13.2. The van der Waals surface area contributed by atoms with Crippen molar-refractivity contribution in [2.24, 2.45) is 17.8 Å². The van der Waals surface area contributed by atoms with Crippen LogP contribution in [-0.4, -0.2) is 42.0 Å². The van der Waals surface area contributed by atoms with Gasteiger partial charge in [-0.1, -0.05) is 12.2 Å². The molecule has 3 atom stereocenters. The number of carbonyl (C=O) groups excluding carboxylic acids is 1. The molecule has 0 spiro atoms. The first-order valence-corrected chi connectivity index (χ1v) is 9.30. The van der Waals surface area contributed by atoms with Crippen LogP contribution in [0.4, 0.5) is 5.82 Å². The van der Waals surface area contributed by atoms with E-state index in [1.807, 2.05) is 12.3 Å². The summed E-state index contributed by atoms with van der Waals surface area (Å²) in [6.07, 6.45) is 9.24. The second kappa shape index (κ2) is 6.27. The summed E-state index contributed by atoms with van der Waals surface area (Å²) in [5.74, 6) is 2.87. The van der Waals surface area contributed by atoms with Crippen LogP contribution in [0.2, 0.25) is 0 Å². The highest BCUT2D eigenvalue weighted by Gasteiger charge is 2.42. The standard InChI is InChI=1S/C18H22BrN3O/c19-16-6-7-17(20-8-16)21-9-14-11-22(12-15(14)10-21)18(23)13-4-2-1-3-5-13/h1-2,6-8,13-15H,3-5,9-12H2. The molecule has 2 aliphatic heterocycles. The molecule has 3 unspecified atom stereocenters. The van der Waals surface area contributed by atoms with Gasteiger partial charge < -0.3 is 9.80 Å². The number of rotatable bonds is 2. The SMILES string of the molecule is O=C(C1CC=CCC1)N1CC2CN(c3ccc(Br)cn3)CC2C1. The first-order valence-electron chi connectivity index (χ1n) is 8.51. The summed E-state index contributed by atoms with van der Waals surface area (Å²) in [6.45, 7) is 3.90. The number of fused-ring (bicyclic) bond motifs is 1. The Morgan fingerprint density at radius 2 is 1.91 bits per heavy atom. The number of amides is 1. The van der Waals surface area contributed by atoms with Crippen LogP contribution in [0.1, 0.15) is 19.3 Å². The van der Waals surface area contributed by atoms with E-state index < -0.39 is 0 Å². The Morgan fingerprint density at radius 3 is 2.52 bits per heavy atom. The molecule has 1 amide bonds. The lowest BCUT2D eigenvalue weighted by molar-refractivity contribution is -0.135. The normalized spacial score (nSPS) is 29.9. The monoisotopic (exact) mass is 375 g/mol. The zero-order valence-corrected chi connectivity index (χ0v) is 14.8. The van der Waals surface area contributed by atoms with Crippen LogP contribution in [0.25, 0.3) is 0 Å². The number of pyridine rings is 1. The second-order valence-electron chi connectivity index (χ2n) is 6.98. The summed E-state index contributed by atoms with van der Waals surface area (Å²) in [5, 5.41) is 0. The highest BCUT2D eigenvalue weighted by molar-refractivity contribution is 9.10. The number of halogens is 1. The molecule has 0 aromatic carbocycles. The Morgan fingerprint density at radius 1 is 1.13 bits per heavy atom. The fourth-order valence-electron chi connectivity index (χ4n) is 4.19. The minimum absolute atomic E-state index is 0.225. The molecule has 3 heterocycles. The largest absolute Gasteiger partial charge is 0.356 e. The highest BCUT2D eigenvalue weighted by Crippen LogP contribution is 2.35. The average Bonchev–Trinajstić information content (AvgIpc) is 3.14. The van der Waals surface area contributed by atoms with Gasteiger partial charge in [-0.3, -0.25) is 4.79 Å². The summed E-state index contributed by atoms with van der Waals surface area (Å²) in [4.78, 5) is 21.7. The predicted octanol–water partition coefficient (Wildman–Crippen LogP) is 3.10. The molecule has 122 valence electrons. The molecule has 1 aromatic rings. The molecule has 4 nitrogen and oxygen atoms in total. The lowest BCUT2D eigenvalue weighted by atomic mass is 9.93. The summed E-state index contributed by atoms with van der Waals surface area (Å²) < 4.78 is 1.01. The van der Waals surface area contributed by atoms with Crippen molar-refractivity contribution in [1.82, 2.24) is 9.88 Å². The van der Waals surface area contributed by atoms with Gasteiger partial charge in [0.1, 0.15) is 5.82 Å². The third-order valence-electron chi connectivity index (χ3n) is 5.45. The Labute approximate surface area is 145 Å². The lowest BCUT2D eigenvalue weighted by Crippen LogP contribution is -2.37. The first-order chi connectivity index (χ1) is 11.2. The van der Waals surface area contributed by atoms with Gasteiger partial charge >= 0.3 is 0 Å². The number of hydrogen-bond acceptors (Lipinski definition) is 3. The smallest absolute Gasteiger partial charge is 0.226 e. The molecular formula is C18H22BrN3O. The van der Waals surface area contributed by atoms with Crippen molar-refractivity contribution in [3.05, 3.63) is 35.0 Å². The van der Waals surface area contributed by atoms with E-state index >= 15 is 0 Å². The molecule has 5 heteroatoms. The predicted molar refractivity (Wildman–Crippen MR) is 94.2 cm³/mol. The Kier molecular flexibility index (Phi) is 4.14. The highest BCUT2D eigenvalue weighted by atomic mass is 79.9. The second-order valence-corrected chi connectivity index (χ2v) is 7.90. The van der Waals surface area contributed by atoms with Crippen molar-refractivity contribution in [3.63, 3.8) is 0 Å². The Bertz CT molecular complexity index is 601. The number of hydrogen-bond donors (Lipinski definition) is 0. The Hall–Kier alpha value is -1.36. The summed E-state index contributed by atoms with van der Waals surface area (Å²) in [5.41, 5.74) is 0. The van der Waals surface area contributed by atoms with Crippen molar-refractivity contribution in [1.29, 1.82) is 0 Å². The summed E-state index contributed by atoms with van der Waals surface area (Å²) in [7, 11) is 0. The number of allylic oxidation sites excluding steroid dienone is 2. The minimum Gasteiger partial charge on any atom is -0.356 e. The number of anilines is 1. The minimum atomic E-state index is 0.225. The van der Waals surface area contributed by atoms with Crippen molar-refractivity contribution in [2.75, 3.05) is 31.1 Å². The first kappa shape index (κ1) is 15.2. The summed E-state index contributed by atoms with van der Waals surface area (Å²) >= 11 is 3.43. The van der Waals surface area contributed by atoms with Crippen LogP contribution in [0.15, 0.2) is 35.0 Å². The molecule has 1 aromatic heterocycles. The quantitative estimate of drug-likeness (QED) is 0.745. The lowest BCUT2D eigenvalue weighted by Gasteiger charge is -2.26. The van der Waals surface area contributed by atoms with Gasteiger partial charge in [0.05, 0.1) is 0 Å². The maximum Gasteiger partial charge on any atom is 0.226 e.